The zero-order valence-corrected chi connectivity index (χ0v) is 12.3. The topological polar surface area (TPSA) is 48.7 Å². The van der Waals surface area contributed by atoms with Crippen molar-refractivity contribution in [1.29, 1.82) is 5.26 Å². The third-order valence-corrected chi connectivity index (χ3v) is 4.80. The van der Waals surface area contributed by atoms with E-state index in [2.05, 4.69) is 29.8 Å². The number of thiophene rings is 1. The highest BCUT2D eigenvalue weighted by Crippen LogP contribution is 2.28. The lowest BCUT2D eigenvalue weighted by Crippen LogP contribution is -2.12. The number of rotatable bonds is 3. The molecule has 3 nitrogen and oxygen atoms in total. The van der Waals surface area contributed by atoms with E-state index in [4.69, 9.17) is 4.98 Å². The number of hydrogen-bond acceptors (Lipinski definition) is 4. The molecule has 1 atom stereocenters. The average Bonchev–Trinajstić information content (AvgIpc) is 3.01. The third-order valence-electron chi connectivity index (χ3n) is 3.74. The van der Waals surface area contributed by atoms with Crippen molar-refractivity contribution in [3.8, 4) is 6.07 Å². The van der Waals surface area contributed by atoms with Crippen molar-refractivity contribution in [3.63, 3.8) is 0 Å². The Hall–Kier alpha value is -1.86. The van der Waals surface area contributed by atoms with Gasteiger partial charge in [-0.3, -0.25) is 0 Å². The first-order chi connectivity index (χ1) is 9.78. The summed E-state index contributed by atoms with van der Waals surface area (Å²) in [5.41, 5.74) is 3.08. The second-order valence-corrected chi connectivity index (χ2v) is 6.17. The van der Waals surface area contributed by atoms with Crippen molar-refractivity contribution in [3.05, 3.63) is 45.3 Å². The van der Waals surface area contributed by atoms with E-state index in [9.17, 15) is 5.26 Å². The van der Waals surface area contributed by atoms with Crippen LogP contribution in [-0.4, -0.2) is 4.98 Å². The molecule has 2 heterocycles. The van der Waals surface area contributed by atoms with Crippen LogP contribution in [0.15, 0.2) is 23.6 Å². The van der Waals surface area contributed by atoms with E-state index in [0.717, 1.165) is 24.4 Å². The zero-order valence-electron chi connectivity index (χ0n) is 11.5. The van der Waals surface area contributed by atoms with Crippen LogP contribution < -0.4 is 5.32 Å². The Morgan fingerprint density at radius 2 is 2.25 bits per heavy atom. The molecule has 102 valence electrons. The number of hydrogen-bond donors (Lipinski definition) is 1. The summed E-state index contributed by atoms with van der Waals surface area (Å²) in [6, 6.07) is 8.62. The van der Waals surface area contributed by atoms with Crippen LogP contribution in [0.2, 0.25) is 0 Å². The van der Waals surface area contributed by atoms with E-state index in [1.165, 1.54) is 23.3 Å². The molecule has 1 aliphatic rings. The lowest BCUT2D eigenvalue weighted by Gasteiger charge is -2.19. The van der Waals surface area contributed by atoms with Crippen LogP contribution in [0.25, 0.3) is 0 Å². The van der Waals surface area contributed by atoms with Gasteiger partial charge in [0.2, 0.25) is 0 Å². The maximum Gasteiger partial charge on any atom is 0.144 e. The molecular weight excluding hydrogens is 266 g/mol. The molecule has 0 spiro atoms. The highest BCUT2D eigenvalue weighted by atomic mass is 32.1. The Morgan fingerprint density at radius 3 is 3.00 bits per heavy atom. The molecule has 1 aliphatic carbocycles. The molecule has 1 N–H and O–H groups in total. The van der Waals surface area contributed by atoms with E-state index in [1.54, 1.807) is 11.3 Å². The second-order valence-electron chi connectivity index (χ2n) is 5.19. The van der Waals surface area contributed by atoms with Crippen molar-refractivity contribution in [2.75, 3.05) is 5.32 Å². The number of nitrogens with zero attached hydrogens (tertiary/aromatic N) is 2. The molecule has 2 aromatic rings. The molecule has 3 rings (SSSR count). The standard InChI is InChI=1S/C16H17N3S/c1-11(15-7-4-8-20-15)18-16-13(10-17)9-12-5-2-3-6-14(12)19-16/h4,7-9,11H,2-3,5-6H2,1H3,(H,18,19). The van der Waals surface area contributed by atoms with Crippen LogP contribution in [0.5, 0.6) is 0 Å². The number of pyridine rings is 1. The predicted molar refractivity (Wildman–Crippen MR) is 82.0 cm³/mol. The molecule has 0 fully saturated rings. The van der Waals surface area contributed by atoms with Gasteiger partial charge in [-0.05, 0) is 55.7 Å². The SMILES string of the molecule is CC(Nc1nc2c(cc1C#N)CCCC2)c1cccs1. The van der Waals surface area contributed by atoms with Crippen LogP contribution in [0.1, 0.15) is 47.5 Å². The summed E-state index contributed by atoms with van der Waals surface area (Å²) >= 11 is 1.72. The maximum atomic E-state index is 9.34. The number of nitriles is 1. The van der Waals surface area contributed by atoms with Gasteiger partial charge in [0.1, 0.15) is 11.9 Å². The quantitative estimate of drug-likeness (QED) is 0.923. The van der Waals surface area contributed by atoms with Gasteiger partial charge < -0.3 is 5.32 Å². The number of aromatic nitrogens is 1. The van der Waals surface area contributed by atoms with Crippen LogP contribution in [0, 0.1) is 11.3 Å². The lowest BCUT2D eigenvalue weighted by atomic mass is 9.95. The summed E-state index contributed by atoms with van der Waals surface area (Å²) in [7, 11) is 0. The highest BCUT2D eigenvalue weighted by molar-refractivity contribution is 7.10. The minimum atomic E-state index is 0.177. The summed E-state index contributed by atoms with van der Waals surface area (Å²) in [6.45, 7) is 2.11. The molecule has 0 radical (unpaired) electrons. The van der Waals surface area contributed by atoms with Crippen molar-refractivity contribution < 1.29 is 0 Å². The molecule has 20 heavy (non-hydrogen) atoms. The van der Waals surface area contributed by atoms with Crippen molar-refractivity contribution >= 4 is 17.2 Å². The van der Waals surface area contributed by atoms with Crippen molar-refractivity contribution in [1.82, 2.24) is 4.98 Å². The Kier molecular flexibility index (Phi) is 3.70. The van der Waals surface area contributed by atoms with E-state index in [0.29, 0.717) is 5.56 Å². The fourth-order valence-corrected chi connectivity index (χ4v) is 3.38. The molecule has 0 aromatic carbocycles. The minimum Gasteiger partial charge on any atom is -0.362 e. The smallest absolute Gasteiger partial charge is 0.144 e. The first-order valence-corrected chi connectivity index (χ1v) is 7.88. The third kappa shape index (κ3) is 2.54. The Morgan fingerprint density at radius 1 is 1.40 bits per heavy atom. The lowest BCUT2D eigenvalue weighted by molar-refractivity contribution is 0.667. The summed E-state index contributed by atoms with van der Waals surface area (Å²) < 4.78 is 0. The molecule has 2 aromatic heterocycles. The normalized spacial score (nSPS) is 15.2. The summed E-state index contributed by atoms with van der Waals surface area (Å²) in [5, 5.41) is 14.8. The molecule has 0 saturated carbocycles. The Labute approximate surface area is 123 Å². The van der Waals surface area contributed by atoms with Crippen LogP contribution in [0.4, 0.5) is 5.82 Å². The monoisotopic (exact) mass is 283 g/mol. The van der Waals surface area contributed by atoms with E-state index in [1.807, 2.05) is 12.1 Å². The van der Waals surface area contributed by atoms with Gasteiger partial charge in [-0.1, -0.05) is 6.07 Å². The summed E-state index contributed by atoms with van der Waals surface area (Å²) in [6.07, 6.45) is 4.49. The zero-order chi connectivity index (χ0) is 13.9. The van der Waals surface area contributed by atoms with Gasteiger partial charge in [-0.2, -0.15) is 5.26 Å². The molecule has 0 aliphatic heterocycles. The van der Waals surface area contributed by atoms with Crippen LogP contribution >= 0.6 is 11.3 Å². The van der Waals surface area contributed by atoms with Crippen molar-refractivity contribution in [2.45, 2.75) is 38.6 Å². The average molecular weight is 283 g/mol. The molecular formula is C16H17N3S. The number of fused-ring (bicyclic) bond motifs is 1. The first kappa shape index (κ1) is 13.1. The summed E-state index contributed by atoms with van der Waals surface area (Å²) in [4.78, 5) is 5.96. The number of anilines is 1. The predicted octanol–water partition coefficient (Wildman–Crippen LogP) is 4.07. The van der Waals surface area contributed by atoms with E-state index >= 15 is 0 Å². The fourth-order valence-electron chi connectivity index (χ4n) is 2.64. The minimum absolute atomic E-state index is 0.177. The second kappa shape index (κ2) is 5.64. The van der Waals surface area contributed by atoms with Crippen LogP contribution in [-0.2, 0) is 12.8 Å². The van der Waals surface area contributed by atoms with Crippen LogP contribution in [0.3, 0.4) is 0 Å². The molecule has 0 bridgehead atoms. The van der Waals surface area contributed by atoms with Gasteiger partial charge in [0, 0.05) is 10.6 Å². The van der Waals surface area contributed by atoms with Gasteiger partial charge in [-0.15, -0.1) is 11.3 Å². The fraction of sp³-hybridized carbons (Fsp3) is 0.375. The number of aryl methyl sites for hydroxylation is 2. The Bertz CT molecular complexity index is 640. The van der Waals surface area contributed by atoms with Crippen molar-refractivity contribution in [2.24, 2.45) is 0 Å². The van der Waals surface area contributed by atoms with E-state index in [-0.39, 0.29) is 6.04 Å². The molecule has 4 heteroatoms. The molecule has 1 unspecified atom stereocenters. The van der Waals surface area contributed by atoms with Gasteiger partial charge in [0.25, 0.3) is 0 Å². The largest absolute Gasteiger partial charge is 0.362 e. The van der Waals surface area contributed by atoms with Gasteiger partial charge in [0.05, 0.1) is 11.6 Å². The van der Waals surface area contributed by atoms with Gasteiger partial charge in [0.15, 0.2) is 0 Å². The molecule has 0 saturated heterocycles. The van der Waals surface area contributed by atoms with E-state index < -0.39 is 0 Å². The van der Waals surface area contributed by atoms with Gasteiger partial charge >= 0.3 is 0 Å². The number of nitrogens with one attached hydrogen (secondary N) is 1. The maximum absolute atomic E-state index is 9.34. The van der Waals surface area contributed by atoms with Gasteiger partial charge in [-0.25, -0.2) is 4.98 Å². The molecule has 0 amide bonds. The summed E-state index contributed by atoms with van der Waals surface area (Å²) in [5.74, 6) is 0.731. The highest BCUT2D eigenvalue weighted by Gasteiger charge is 2.16. The first-order valence-electron chi connectivity index (χ1n) is 7.01. The Balaban J connectivity index is 1.90.